The smallest absolute Gasteiger partial charge is 0.192 e. The number of nitrogens with zero attached hydrogens (tertiary/aromatic N) is 4. The molecule has 152 valence electrons. The van der Waals surface area contributed by atoms with E-state index in [2.05, 4.69) is 20.2 Å². The van der Waals surface area contributed by atoms with Crippen LogP contribution in [0, 0.1) is 0 Å². The van der Waals surface area contributed by atoms with Crippen LogP contribution in [-0.4, -0.2) is 30.5 Å². The van der Waals surface area contributed by atoms with Crippen LogP contribution in [-0.2, 0) is 7.05 Å². The van der Waals surface area contributed by atoms with Crippen molar-refractivity contribution in [2.75, 3.05) is 0 Å². The second kappa shape index (κ2) is 8.20. The molecule has 6 nitrogen and oxygen atoms in total. The van der Waals surface area contributed by atoms with Crippen LogP contribution in [0.15, 0.2) is 90.5 Å². The molecule has 3 heterocycles. The average Bonchev–Trinajstić information content (AvgIpc) is 3.42. The predicted octanol–water partition coefficient (Wildman–Crippen LogP) is 5.07. The maximum absolute atomic E-state index is 13.7. The first-order chi connectivity index (χ1) is 15.2. The third kappa shape index (κ3) is 3.64. The van der Waals surface area contributed by atoms with Gasteiger partial charge < -0.3 is 9.55 Å². The number of para-hydroxylation sites is 1. The van der Waals surface area contributed by atoms with Crippen LogP contribution in [0.25, 0.3) is 22.3 Å². The Labute approximate surface area is 183 Å². The molecule has 0 saturated heterocycles. The molecular formula is C24H19N5OS. The van der Waals surface area contributed by atoms with E-state index in [0.717, 1.165) is 22.0 Å². The summed E-state index contributed by atoms with van der Waals surface area (Å²) in [5.74, 6) is 0.738. The number of hydrogen-bond acceptors (Lipinski definition) is 5. The lowest BCUT2D eigenvalue weighted by Crippen LogP contribution is -2.11. The average molecular weight is 426 g/mol. The molecule has 7 heteroatoms. The lowest BCUT2D eigenvalue weighted by atomic mass is 10.0. The number of aromatic nitrogens is 5. The van der Waals surface area contributed by atoms with Crippen molar-refractivity contribution in [1.82, 2.24) is 24.7 Å². The van der Waals surface area contributed by atoms with Gasteiger partial charge in [0, 0.05) is 47.7 Å². The number of rotatable bonds is 6. The third-order valence-electron chi connectivity index (χ3n) is 5.17. The number of carbonyl (C=O) groups excluding carboxylic acids is 1. The number of Topliss-reactive ketones (excluding diaryl/α,β-unsaturated/α-hetero) is 1. The van der Waals surface area contributed by atoms with Gasteiger partial charge in [0.05, 0.1) is 0 Å². The fourth-order valence-corrected chi connectivity index (χ4v) is 4.66. The summed E-state index contributed by atoms with van der Waals surface area (Å²) in [6, 6.07) is 21.4. The van der Waals surface area contributed by atoms with Crippen molar-refractivity contribution in [1.29, 1.82) is 0 Å². The number of H-pyrrole nitrogens is 1. The largest absolute Gasteiger partial charge is 0.360 e. The number of benzene rings is 2. The highest BCUT2D eigenvalue weighted by Crippen LogP contribution is 2.39. The van der Waals surface area contributed by atoms with E-state index in [-0.39, 0.29) is 5.78 Å². The summed E-state index contributed by atoms with van der Waals surface area (Å²) in [7, 11) is 1.91. The van der Waals surface area contributed by atoms with Crippen LogP contribution in [0.1, 0.15) is 21.2 Å². The van der Waals surface area contributed by atoms with Crippen LogP contribution >= 0.6 is 11.8 Å². The van der Waals surface area contributed by atoms with Gasteiger partial charge in [0.25, 0.3) is 0 Å². The maximum atomic E-state index is 13.7. The number of nitrogens with one attached hydrogen (secondary N) is 1. The van der Waals surface area contributed by atoms with Crippen molar-refractivity contribution in [3.63, 3.8) is 0 Å². The summed E-state index contributed by atoms with van der Waals surface area (Å²) in [5, 5.41) is 9.84. The fourth-order valence-electron chi connectivity index (χ4n) is 3.59. The first kappa shape index (κ1) is 19.3. The van der Waals surface area contributed by atoms with E-state index >= 15 is 0 Å². The maximum Gasteiger partial charge on any atom is 0.192 e. The summed E-state index contributed by atoms with van der Waals surface area (Å²) in [4.78, 5) is 21.1. The van der Waals surface area contributed by atoms with Crippen LogP contribution < -0.4 is 0 Å². The molecule has 5 aromatic rings. The molecule has 2 aromatic carbocycles. The van der Waals surface area contributed by atoms with Gasteiger partial charge in [-0.3, -0.25) is 9.78 Å². The van der Waals surface area contributed by atoms with Crippen molar-refractivity contribution in [2.45, 2.75) is 10.4 Å². The van der Waals surface area contributed by atoms with Gasteiger partial charge in [0.2, 0.25) is 0 Å². The number of fused-ring (bicyclic) bond motifs is 1. The Morgan fingerprint density at radius 3 is 2.61 bits per heavy atom. The highest BCUT2D eigenvalue weighted by Gasteiger charge is 2.28. The standard InChI is InChI=1S/C24H19N5OS/c1-29-23(17-10-7-13-25-14-17)27-28-24(29)31-22(16-8-3-2-4-9-16)21(30)19-15-26-20-12-6-5-11-18(19)20/h2-15,22,26H,1H3. The SMILES string of the molecule is Cn1c(SC(C(=O)c2c[nH]c3ccccc23)c2ccccc2)nnc1-c1cccnc1. The van der Waals surface area contributed by atoms with Crippen LogP contribution in [0.5, 0.6) is 0 Å². The molecule has 1 atom stereocenters. The normalized spacial score (nSPS) is 12.2. The number of ketones is 1. The summed E-state index contributed by atoms with van der Waals surface area (Å²) >= 11 is 1.40. The minimum Gasteiger partial charge on any atom is -0.360 e. The van der Waals surface area contributed by atoms with Crippen molar-refractivity contribution in [3.8, 4) is 11.4 Å². The molecule has 0 radical (unpaired) electrons. The molecule has 5 rings (SSSR count). The van der Waals surface area contributed by atoms with Gasteiger partial charge in [-0.25, -0.2) is 0 Å². The van der Waals surface area contributed by atoms with E-state index in [1.165, 1.54) is 11.8 Å². The van der Waals surface area contributed by atoms with E-state index in [1.54, 1.807) is 18.6 Å². The zero-order valence-electron chi connectivity index (χ0n) is 16.8. The van der Waals surface area contributed by atoms with E-state index in [4.69, 9.17) is 0 Å². The first-order valence-corrected chi connectivity index (χ1v) is 10.7. The molecule has 0 aliphatic heterocycles. The zero-order chi connectivity index (χ0) is 21.2. The molecule has 0 fully saturated rings. The van der Waals surface area contributed by atoms with E-state index < -0.39 is 5.25 Å². The van der Waals surface area contributed by atoms with Gasteiger partial charge in [-0.05, 0) is 23.8 Å². The summed E-state index contributed by atoms with van der Waals surface area (Å²) < 4.78 is 1.90. The topological polar surface area (TPSA) is 76.5 Å². The lowest BCUT2D eigenvalue weighted by Gasteiger charge is -2.15. The van der Waals surface area contributed by atoms with Gasteiger partial charge in [0.1, 0.15) is 5.25 Å². The molecule has 0 spiro atoms. The number of carbonyl (C=O) groups is 1. The third-order valence-corrected chi connectivity index (χ3v) is 6.46. The Hall–Kier alpha value is -3.71. The van der Waals surface area contributed by atoms with E-state index in [0.29, 0.717) is 16.5 Å². The molecule has 3 aromatic heterocycles. The summed E-state index contributed by atoms with van der Waals surface area (Å²) in [6.07, 6.45) is 5.27. The zero-order valence-corrected chi connectivity index (χ0v) is 17.6. The second-order valence-electron chi connectivity index (χ2n) is 7.13. The molecule has 31 heavy (non-hydrogen) atoms. The minimum absolute atomic E-state index is 0.0274. The molecule has 0 aliphatic carbocycles. The summed E-state index contributed by atoms with van der Waals surface area (Å²) in [6.45, 7) is 0. The quantitative estimate of drug-likeness (QED) is 0.303. The Morgan fingerprint density at radius 1 is 1.00 bits per heavy atom. The van der Waals surface area contributed by atoms with Crippen molar-refractivity contribution >= 4 is 28.4 Å². The fraction of sp³-hybridized carbons (Fsp3) is 0.0833. The molecule has 1 unspecified atom stereocenters. The Morgan fingerprint density at radius 2 is 1.81 bits per heavy atom. The molecule has 0 saturated carbocycles. The minimum atomic E-state index is -0.454. The highest BCUT2D eigenvalue weighted by molar-refractivity contribution is 8.00. The molecular weight excluding hydrogens is 406 g/mol. The van der Waals surface area contributed by atoms with Crippen molar-refractivity contribution < 1.29 is 4.79 Å². The molecule has 0 amide bonds. The molecule has 1 N–H and O–H groups in total. The van der Waals surface area contributed by atoms with Crippen molar-refractivity contribution in [3.05, 3.63) is 96.4 Å². The number of aromatic amines is 1. The van der Waals surface area contributed by atoms with Gasteiger partial charge in [0.15, 0.2) is 16.8 Å². The van der Waals surface area contributed by atoms with Crippen LogP contribution in [0.4, 0.5) is 0 Å². The van der Waals surface area contributed by atoms with E-state index in [9.17, 15) is 4.79 Å². The highest BCUT2D eigenvalue weighted by atomic mass is 32.2. The lowest BCUT2D eigenvalue weighted by molar-refractivity contribution is 0.0991. The van der Waals surface area contributed by atoms with Crippen molar-refractivity contribution in [2.24, 2.45) is 7.05 Å². The van der Waals surface area contributed by atoms with Gasteiger partial charge in [-0.2, -0.15) is 0 Å². The Kier molecular flexibility index (Phi) is 5.09. The molecule has 0 bridgehead atoms. The van der Waals surface area contributed by atoms with Crippen LogP contribution in [0.3, 0.4) is 0 Å². The van der Waals surface area contributed by atoms with Gasteiger partial charge in [-0.15, -0.1) is 10.2 Å². The monoisotopic (exact) mass is 425 g/mol. The number of thioether (sulfide) groups is 1. The summed E-state index contributed by atoms with van der Waals surface area (Å²) in [5.41, 5.74) is 3.42. The van der Waals surface area contributed by atoms with Gasteiger partial charge >= 0.3 is 0 Å². The Bertz CT molecular complexity index is 1340. The van der Waals surface area contributed by atoms with Crippen LogP contribution in [0.2, 0.25) is 0 Å². The number of pyridine rings is 1. The van der Waals surface area contributed by atoms with E-state index in [1.807, 2.05) is 78.3 Å². The first-order valence-electron chi connectivity index (χ1n) is 9.84. The Balaban J connectivity index is 1.54. The number of hydrogen-bond donors (Lipinski definition) is 1. The molecule has 0 aliphatic rings. The second-order valence-corrected chi connectivity index (χ2v) is 8.20. The van der Waals surface area contributed by atoms with Gasteiger partial charge in [-0.1, -0.05) is 60.3 Å². The predicted molar refractivity (Wildman–Crippen MR) is 122 cm³/mol.